The Kier molecular flexibility index (Phi) is 2.32. The zero-order chi connectivity index (χ0) is 11.7. The lowest BCUT2D eigenvalue weighted by molar-refractivity contribution is 0.100. The fourth-order valence-corrected chi connectivity index (χ4v) is 1.67. The third-order valence-electron chi connectivity index (χ3n) is 2.46. The number of benzene rings is 2. The van der Waals surface area contributed by atoms with Crippen molar-refractivity contribution in [1.29, 1.82) is 5.41 Å². The van der Waals surface area contributed by atoms with Crippen molar-refractivity contribution in [2.75, 3.05) is 0 Å². The SMILES string of the molecule is N=C(N)c1ccc2c(C(N)=O)cccc2c1. The monoisotopic (exact) mass is 213 g/mol. The number of carbonyl (C=O) groups is 1. The van der Waals surface area contributed by atoms with E-state index in [0.29, 0.717) is 11.1 Å². The largest absolute Gasteiger partial charge is 0.384 e. The molecule has 0 saturated heterocycles. The maximum absolute atomic E-state index is 11.2. The molecule has 2 rings (SSSR count). The van der Waals surface area contributed by atoms with Crippen molar-refractivity contribution in [3.63, 3.8) is 0 Å². The van der Waals surface area contributed by atoms with Crippen molar-refractivity contribution in [2.45, 2.75) is 0 Å². The molecule has 2 aromatic rings. The highest BCUT2D eigenvalue weighted by atomic mass is 16.1. The molecule has 16 heavy (non-hydrogen) atoms. The molecule has 0 atom stereocenters. The Bertz CT molecular complexity index is 590. The Morgan fingerprint density at radius 3 is 2.50 bits per heavy atom. The summed E-state index contributed by atoms with van der Waals surface area (Å²) < 4.78 is 0. The van der Waals surface area contributed by atoms with Crippen molar-refractivity contribution >= 4 is 22.5 Å². The van der Waals surface area contributed by atoms with E-state index in [0.717, 1.165) is 10.8 Å². The number of hydrogen-bond acceptors (Lipinski definition) is 2. The Balaban J connectivity index is 2.73. The van der Waals surface area contributed by atoms with Crippen LogP contribution in [0, 0.1) is 5.41 Å². The average molecular weight is 213 g/mol. The van der Waals surface area contributed by atoms with Crippen LogP contribution in [0.2, 0.25) is 0 Å². The summed E-state index contributed by atoms with van der Waals surface area (Å²) in [6.07, 6.45) is 0. The van der Waals surface area contributed by atoms with Gasteiger partial charge in [0.1, 0.15) is 5.84 Å². The molecule has 0 fully saturated rings. The lowest BCUT2D eigenvalue weighted by Gasteiger charge is -2.05. The Morgan fingerprint density at radius 2 is 1.88 bits per heavy atom. The molecule has 0 heterocycles. The van der Waals surface area contributed by atoms with Crippen molar-refractivity contribution in [3.05, 3.63) is 47.5 Å². The number of hydrogen-bond donors (Lipinski definition) is 3. The van der Waals surface area contributed by atoms with Crippen molar-refractivity contribution in [3.8, 4) is 0 Å². The lowest BCUT2D eigenvalue weighted by Crippen LogP contribution is -2.12. The van der Waals surface area contributed by atoms with E-state index < -0.39 is 5.91 Å². The predicted molar refractivity (Wildman–Crippen MR) is 63.5 cm³/mol. The topological polar surface area (TPSA) is 93.0 Å². The summed E-state index contributed by atoms with van der Waals surface area (Å²) >= 11 is 0. The second-order valence-electron chi connectivity index (χ2n) is 3.52. The van der Waals surface area contributed by atoms with Gasteiger partial charge in [0.15, 0.2) is 0 Å². The minimum atomic E-state index is -0.457. The molecule has 0 unspecified atom stereocenters. The Labute approximate surface area is 92.4 Å². The fourth-order valence-electron chi connectivity index (χ4n) is 1.67. The first-order valence-corrected chi connectivity index (χ1v) is 4.76. The van der Waals surface area contributed by atoms with Crippen LogP contribution in [0.5, 0.6) is 0 Å². The highest BCUT2D eigenvalue weighted by molar-refractivity contribution is 6.08. The number of nitrogens with one attached hydrogen (secondary N) is 1. The molecule has 0 bridgehead atoms. The smallest absolute Gasteiger partial charge is 0.249 e. The first-order chi connectivity index (χ1) is 7.59. The molecule has 0 saturated carbocycles. The van der Waals surface area contributed by atoms with E-state index >= 15 is 0 Å². The minimum absolute atomic E-state index is 0.00591. The summed E-state index contributed by atoms with van der Waals surface area (Å²) in [5, 5.41) is 8.96. The number of nitrogen functional groups attached to an aromatic ring is 1. The zero-order valence-electron chi connectivity index (χ0n) is 8.53. The van der Waals surface area contributed by atoms with Gasteiger partial charge in [0.2, 0.25) is 5.91 Å². The van der Waals surface area contributed by atoms with Crippen LogP contribution < -0.4 is 11.5 Å². The van der Waals surface area contributed by atoms with Gasteiger partial charge in [0, 0.05) is 11.1 Å². The Morgan fingerprint density at radius 1 is 1.12 bits per heavy atom. The van der Waals surface area contributed by atoms with Gasteiger partial charge in [0.25, 0.3) is 0 Å². The highest BCUT2D eigenvalue weighted by Gasteiger charge is 2.06. The summed E-state index contributed by atoms with van der Waals surface area (Å²) in [4.78, 5) is 11.2. The van der Waals surface area contributed by atoms with Gasteiger partial charge in [-0.3, -0.25) is 10.2 Å². The molecule has 4 heteroatoms. The zero-order valence-corrected chi connectivity index (χ0v) is 8.53. The molecule has 0 aromatic heterocycles. The maximum Gasteiger partial charge on any atom is 0.249 e. The van der Waals surface area contributed by atoms with Crippen LogP contribution in [0.4, 0.5) is 0 Å². The average Bonchev–Trinajstić information content (AvgIpc) is 2.27. The summed E-state index contributed by atoms with van der Waals surface area (Å²) in [5.74, 6) is -0.451. The van der Waals surface area contributed by atoms with Gasteiger partial charge in [-0.15, -0.1) is 0 Å². The lowest BCUT2D eigenvalue weighted by atomic mass is 10.0. The van der Waals surface area contributed by atoms with Crippen LogP contribution in [-0.4, -0.2) is 11.7 Å². The van der Waals surface area contributed by atoms with Crippen LogP contribution in [-0.2, 0) is 0 Å². The van der Waals surface area contributed by atoms with E-state index in [1.165, 1.54) is 0 Å². The number of rotatable bonds is 2. The number of primary amides is 1. The van der Waals surface area contributed by atoms with Crippen LogP contribution in [0.15, 0.2) is 36.4 Å². The second kappa shape index (κ2) is 3.66. The number of amides is 1. The summed E-state index contributed by atoms with van der Waals surface area (Å²) in [7, 11) is 0. The van der Waals surface area contributed by atoms with Gasteiger partial charge in [-0.25, -0.2) is 0 Å². The third-order valence-corrected chi connectivity index (χ3v) is 2.46. The Hall–Kier alpha value is -2.36. The molecular formula is C12H11N3O. The number of amidine groups is 1. The first-order valence-electron chi connectivity index (χ1n) is 4.76. The molecule has 4 nitrogen and oxygen atoms in total. The molecule has 2 aromatic carbocycles. The molecule has 1 amide bonds. The summed E-state index contributed by atoms with van der Waals surface area (Å²) in [6.45, 7) is 0. The van der Waals surface area contributed by atoms with E-state index in [2.05, 4.69) is 0 Å². The second-order valence-corrected chi connectivity index (χ2v) is 3.52. The molecule has 0 aliphatic heterocycles. The van der Waals surface area contributed by atoms with Crippen molar-refractivity contribution in [2.24, 2.45) is 11.5 Å². The van der Waals surface area contributed by atoms with E-state index in [-0.39, 0.29) is 5.84 Å². The van der Waals surface area contributed by atoms with Gasteiger partial charge in [-0.2, -0.15) is 0 Å². The van der Waals surface area contributed by atoms with Crippen LogP contribution in [0.25, 0.3) is 10.8 Å². The van der Waals surface area contributed by atoms with E-state index in [9.17, 15) is 4.79 Å². The van der Waals surface area contributed by atoms with Gasteiger partial charge in [-0.1, -0.05) is 24.3 Å². The normalized spacial score (nSPS) is 10.2. The molecule has 0 spiro atoms. The van der Waals surface area contributed by atoms with Crippen molar-refractivity contribution in [1.82, 2.24) is 0 Å². The highest BCUT2D eigenvalue weighted by Crippen LogP contribution is 2.19. The quantitative estimate of drug-likeness (QED) is 0.517. The third kappa shape index (κ3) is 1.61. The summed E-state index contributed by atoms with van der Waals surface area (Å²) in [6, 6.07) is 10.5. The van der Waals surface area contributed by atoms with Gasteiger partial charge in [-0.05, 0) is 22.9 Å². The van der Waals surface area contributed by atoms with E-state index in [1.807, 2.05) is 6.07 Å². The maximum atomic E-state index is 11.2. The van der Waals surface area contributed by atoms with Gasteiger partial charge >= 0.3 is 0 Å². The van der Waals surface area contributed by atoms with Crippen LogP contribution in [0.1, 0.15) is 15.9 Å². The van der Waals surface area contributed by atoms with Crippen LogP contribution in [0.3, 0.4) is 0 Å². The van der Waals surface area contributed by atoms with Gasteiger partial charge in [0.05, 0.1) is 0 Å². The predicted octanol–water partition coefficient (Wildman–Crippen LogP) is 1.22. The van der Waals surface area contributed by atoms with Gasteiger partial charge < -0.3 is 11.5 Å². The molecule has 5 N–H and O–H groups in total. The van der Waals surface area contributed by atoms with Crippen LogP contribution >= 0.6 is 0 Å². The molecule has 0 aliphatic carbocycles. The fraction of sp³-hybridized carbons (Fsp3) is 0. The van der Waals surface area contributed by atoms with Crippen molar-refractivity contribution < 1.29 is 4.79 Å². The molecule has 0 radical (unpaired) electrons. The molecule has 80 valence electrons. The molecule has 0 aliphatic rings. The number of carbonyl (C=O) groups excluding carboxylic acids is 1. The number of fused-ring (bicyclic) bond motifs is 1. The molecular weight excluding hydrogens is 202 g/mol. The number of nitrogens with two attached hydrogens (primary N) is 2. The summed E-state index contributed by atoms with van der Waals surface area (Å²) in [5.41, 5.74) is 11.8. The standard InChI is InChI=1S/C12H11N3O/c13-11(14)8-4-5-9-7(6-8)2-1-3-10(9)12(15)16/h1-6H,(H3,13,14)(H2,15,16). The first kappa shape index (κ1) is 10.2. The van der Waals surface area contributed by atoms with E-state index in [1.54, 1.807) is 30.3 Å². The minimum Gasteiger partial charge on any atom is -0.384 e. The van der Waals surface area contributed by atoms with E-state index in [4.69, 9.17) is 16.9 Å².